The first-order valence-electron chi connectivity index (χ1n) is 15.1. The molecule has 2 aromatic rings. The molecular weight excluding hydrogens is 525 g/mol. The summed E-state index contributed by atoms with van der Waals surface area (Å²) in [4.78, 5) is 29.1. The Kier molecular flexibility index (Phi) is 8.55. The number of ether oxygens (including phenoxy) is 2. The molecule has 4 aliphatic rings. The first kappa shape index (κ1) is 28.1. The molecule has 9 heteroatoms. The third-order valence-corrected chi connectivity index (χ3v) is 9.17. The number of carbonyl (C=O) groups is 2. The SMILES string of the molecule is O=C1N[C@H]2C[C@@H](C(=O)NC[C@H]3O[C@H](CCOc4cc(C5CCCC5)ccc41)CC[C@@H]3O)N(Cc1ccc(F)cc1)C2. The number of aliphatic hydroxyl groups is 1. The van der Waals surface area contributed by atoms with Crippen LogP contribution in [0.25, 0.3) is 0 Å². The first-order valence-corrected chi connectivity index (χ1v) is 15.1. The van der Waals surface area contributed by atoms with E-state index < -0.39 is 18.2 Å². The highest BCUT2D eigenvalue weighted by molar-refractivity contribution is 5.97. The number of fused-ring (bicyclic) bond motifs is 5. The van der Waals surface area contributed by atoms with Gasteiger partial charge in [0.15, 0.2) is 0 Å². The second kappa shape index (κ2) is 12.5. The van der Waals surface area contributed by atoms with Gasteiger partial charge in [0.1, 0.15) is 17.7 Å². The topological polar surface area (TPSA) is 100 Å². The number of benzene rings is 2. The summed E-state index contributed by atoms with van der Waals surface area (Å²) in [5.74, 6) is 0.384. The number of rotatable bonds is 3. The third-order valence-electron chi connectivity index (χ3n) is 9.17. The van der Waals surface area contributed by atoms with Crippen LogP contribution in [0.4, 0.5) is 4.39 Å². The highest BCUT2D eigenvalue weighted by Gasteiger charge is 2.39. The summed E-state index contributed by atoms with van der Waals surface area (Å²) in [6.45, 7) is 1.52. The van der Waals surface area contributed by atoms with Crippen LogP contribution in [0.3, 0.4) is 0 Å². The number of nitrogens with zero attached hydrogens (tertiary/aromatic N) is 1. The number of halogens is 1. The van der Waals surface area contributed by atoms with Crippen molar-refractivity contribution in [2.75, 3.05) is 19.7 Å². The van der Waals surface area contributed by atoms with E-state index in [9.17, 15) is 19.1 Å². The van der Waals surface area contributed by atoms with Gasteiger partial charge in [0.2, 0.25) is 5.91 Å². The lowest BCUT2D eigenvalue weighted by Gasteiger charge is -2.34. The molecule has 0 spiro atoms. The van der Waals surface area contributed by atoms with Crippen LogP contribution in [0.15, 0.2) is 42.5 Å². The summed E-state index contributed by atoms with van der Waals surface area (Å²) < 4.78 is 26.0. The average Bonchev–Trinajstić information content (AvgIpc) is 3.64. The Morgan fingerprint density at radius 3 is 2.61 bits per heavy atom. The molecule has 41 heavy (non-hydrogen) atoms. The maximum Gasteiger partial charge on any atom is 0.255 e. The minimum Gasteiger partial charge on any atom is -0.493 e. The van der Waals surface area contributed by atoms with Gasteiger partial charge in [0.25, 0.3) is 5.91 Å². The number of hydrogen-bond donors (Lipinski definition) is 3. The van der Waals surface area contributed by atoms with Gasteiger partial charge in [-0.05, 0) is 73.4 Å². The van der Waals surface area contributed by atoms with Crippen molar-refractivity contribution in [3.05, 3.63) is 65.0 Å². The third kappa shape index (κ3) is 6.58. The Morgan fingerprint density at radius 2 is 1.80 bits per heavy atom. The Bertz CT molecular complexity index is 1230. The van der Waals surface area contributed by atoms with Crippen LogP contribution in [-0.4, -0.2) is 71.9 Å². The van der Waals surface area contributed by atoms with E-state index in [1.165, 1.54) is 30.5 Å². The monoisotopic (exact) mass is 565 g/mol. The van der Waals surface area contributed by atoms with Gasteiger partial charge in [0, 0.05) is 32.1 Å². The van der Waals surface area contributed by atoms with Crippen LogP contribution in [0.5, 0.6) is 5.75 Å². The van der Waals surface area contributed by atoms with Crippen LogP contribution in [0.2, 0.25) is 0 Å². The number of nitrogens with one attached hydrogen (secondary N) is 2. The van der Waals surface area contributed by atoms with E-state index in [1.807, 2.05) is 17.0 Å². The number of likely N-dealkylation sites (tertiary alicyclic amines) is 1. The fourth-order valence-electron chi connectivity index (χ4n) is 6.87. The largest absolute Gasteiger partial charge is 0.493 e. The molecule has 4 bridgehead atoms. The van der Waals surface area contributed by atoms with Gasteiger partial charge in [-0.3, -0.25) is 14.5 Å². The second-order valence-corrected chi connectivity index (χ2v) is 12.0. The van der Waals surface area contributed by atoms with Crippen molar-refractivity contribution in [3.63, 3.8) is 0 Å². The summed E-state index contributed by atoms with van der Waals surface area (Å²) in [6.07, 6.45) is 5.88. The predicted octanol–water partition coefficient (Wildman–Crippen LogP) is 3.66. The lowest BCUT2D eigenvalue weighted by molar-refractivity contribution is -0.133. The van der Waals surface area contributed by atoms with E-state index in [2.05, 4.69) is 16.7 Å². The Balaban J connectivity index is 1.27. The minimum absolute atomic E-state index is 0.102. The zero-order valence-electron chi connectivity index (χ0n) is 23.4. The molecule has 5 atom stereocenters. The average molecular weight is 566 g/mol. The quantitative estimate of drug-likeness (QED) is 0.526. The highest BCUT2D eigenvalue weighted by Crippen LogP contribution is 2.37. The first-order chi connectivity index (χ1) is 19.9. The molecule has 2 aromatic carbocycles. The molecule has 3 N–H and O–H groups in total. The van der Waals surface area contributed by atoms with E-state index in [4.69, 9.17) is 9.47 Å². The normalized spacial score (nSPS) is 29.9. The lowest BCUT2D eigenvalue weighted by Crippen LogP contribution is -2.50. The molecule has 0 aromatic heterocycles. The van der Waals surface area contributed by atoms with E-state index in [0.29, 0.717) is 62.6 Å². The smallest absolute Gasteiger partial charge is 0.255 e. The van der Waals surface area contributed by atoms with Gasteiger partial charge in [-0.1, -0.05) is 31.0 Å². The molecule has 2 amide bonds. The van der Waals surface area contributed by atoms with Crippen molar-refractivity contribution < 1.29 is 28.6 Å². The summed E-state index contributed by atoms with van der Waals surface area (Å²) in [6, 6.07) is 11.5. The summed E-state index contributed by atoms with van der Waals surface area (Å²) in [7, 11) is 0. The van der Waals surface area contributed by atoms with Crippen LogP contribution < -0.4 is 15.4 Å². The number of amides is 2. The summed E-state index contributed by atoms with van der Waals surface area (Å²) in [5.41, 5.74) is 2.59. The van der Waals surface area contributed by atoms with E-state index in [-0.39, 0.29) is 36.3 Å². The van der Waals surface area contributed by atoms with Gasteiger partial charge >= 0.3 is 0 Å². The minimum atomic E-state index is -0.646. The van der Waals surface area contributed by atoms with Gasteiger partial charge in [-0.15, -0.1) is 0 Å². The molecule has 0 radical (unpaired) electrons. The van der Waals surface area contributed by atoms with Crippen LogP contribution in [-0.2, 0) is 16.1 Å². The molecular formula is C32H40FN3O5. The molecule has 2 saturated heterocycles. The van der Waals surface area contributed by atoms with E-state index in [1.54, 1.807) is 12.1 Å². The van der Waals surface area contributed by atoms with Gasteiger partial charge in [0.05, 0.1) is 30.4 Å². The Hall–Kier alpha value is -3.01. The van der Waals surface area contributed by atoms with Crippen molar-refractivity contribution in [1.29, 1.82) is 0 Å². The summed E-state index contributed by atoms with van der Waals surface area (Å²) >= 11 is 0. The summed E-state index contributed by atoms with van der Waals surface area (Å²) in [5, 5.41) is 16.7. The predicted molar refractivity (Wildman–Crippen MR) is 151 cm³/mol. The molecule has 8 nitrogen and oxygen atoms in total. The van der Waals surface area contributed by atoms with Crippen molar-refractivity contribution in [2.24, 2.45) is 0 Å². The molecule has 3 heterocycles. The zero-order valence-corrected chi connectivity index (χ0v) is 23.4. The Morgan fingerprint density at radius 1 is 1.00 bits per heavy atom. The van der Waals surface area contributed by atoms with Gasteiger partial charge in [-0.25, -0.2) is 4.39 Å². The maximum atomic E-state index is 13.6. The van der Waals surface area contributed by atoms with Crippen molar-refractivity contribution in [1.82, 2.24) is 15.5 Å². The van der Waals surface area contributed by atoms with E-state index >= 15 is 0 Å². The maximum absolute atomic E-state index is 13.6. The van der Waals surface area contributed by atoms with Crippen LogP contribution in [0.1, 0.15) is 78.8 Å². The molecule has 1 saturated carbocycles. The molecule has 220 valence electrons. The number of hydrogen-bond acceptors (Lipinski definition) is 6. The second-order valence-electron chi connectivity index (χ2n) is 12.0. The van der Waals surface area contributed by atoms with Crippen LogP contribution in [0, 0.1) is 5.82 Å². The standard InChI is InChI=1S/C32H40FN3O5/c33-23-8-5-20(6-9-23)18-36-19-24-16-27(36)32(39)34-17-30-28(37)12-10-25(41-30)13-14-40-29-15-22(21-3-1-2-4-21)7-11-26(29)31(38)35-24/h5-9,11,15,21,24-25,27-28,30,37H,1-4,10,12-14,16-19H2,(H,34,39)(H,35,38)/t24-,25-,27-,28-,30+/m0/s1. The van der Waals surface area contributed by atoms with E-state index in [0.717, 1.165) is 18.4 Å². The van der Waals surface area contributed by atoms with Crippen molar-refractivity contribution in [2.45, 2.75) is 94.2 Å². The molecule has 1 aliphatic carbocycles. The highest BCUT2D eigenvalue weighted by atomic mass is 19.1. The van der Waals surface area contributed by atoms with Crippen molar-refractivity contribution in [3.8, 4) is 5.75 Å². The number of aliphatic hydroxyl groups excluding tert-OH is 1. The number of carbonyl (C=O) groups excluding carboxylic acids is 2. The van der Waals surface area contributed by atoms with Crippen LogP contribution >= 0.6 is 0 Å². The molecule has 3 fully saturated rings. The molecule has 0 unspecified atom stereocenters. The Labute approximate surface area is 240 Å². The van der Waals surface area contributed by atoms with Crippen molar-refractivity contribution >= 4 is 11.8 Å². The molecule has 3 aliphatic heterocycles. The fourth-order valence-corrected chi connectivity index (χ4v) is 6.87. The van der Waals surface area contributed by atoms with Gasteiger partial charge < -0.3 is 25.2 Å². The lowest BCUT2D eigenvalue weighted by atomic mass is 9.95. The fraction of sp³-hybridized carbons (Fsp3) is 0.562. The molecule has 6 rings (SSSR count). The zero-order chi connectivity index (χ0) is 28.3. The van der Waals surface area contributed by atoms with Gasteiger partial charge in [-0.2, -0.15) is 0 Å².